The molecule has 2 aromatic heterocycles. The summed E-state index contributed by atoms with van der Waals surface area (Å²) in [5.41, 5.74) is 14.3. The van der Waals surface area contributed by atoms with E-state index in [1.807, 2.05) is 17.4 Å². The molecule has 0 saturated heterocycles. The van der Waals surface area contributed by atoms with E-state index in [1.165, 1.54) is 58.8 Å². The Balaban J connectivity index is 0.972. The molecule has 0 aliphatic carbocycles. The maximum Gasteiger partial charge on any atom is 0.143 e. The van der Waals surface area contributed by atoms with E-state index in [1.54, 1.807) is 0 Å². The first kappa shape index (κ1) is 35.2. The summed E-state index contributed by atoms with van der Waals surface area (Å²) in [5.74, 6) is 0. The van der Waals surface area contributed by atoms with Crippen LogP contribution in [-0.4, -0.2) is 0 Å². The molecule has 12 rings (SSSR count). The number of hydrogen-bond donors (Lipinski definition) is 0. The molecule has 61 heavy (non-hydrogen) atoms. The number of rotatable bonds is 7. The second kappa shape index (κ2) is 14.5. The number of benzene rings is 10. The topological polar surface area (TPSA) is 16.4 Å². The largest absolute Gasteiger partial charge is 0.455 e. The molecule has 12 aromatic rings. The van der Waals surface area contributed by atoms with Gasteiger partial charge in [0.1, 0.15) is 11.2 Å². The number of anilines is 3. The third kappa shape index (κ3) is 6.18. The predicted octanol–water partition coefficient (Wildman–Crippen LogP) is 17.2. The zero-order valence-corrected chi connectivity index (χ0v) is 33.9. The molecule has 0 atom stereocenters. The molecule has 0 saturated carbocycles. The molecule has 0 radical (unpaired) electrons. The molecule has 3 heteroatoms. The summed E-state index contributed by atoms with van der Waals surface area (Å²) in [4.78, 5) is 2.39. The number of furan rings is 1. The van der Waals surface area contributed by atoms with Crippen LogP contribution >= 0.6 is 11.3 Å². The highest BCUT2D eigenvalue weighted by Crippen LogP contribution is 2.45. The Hall–Kier alpha value is -7.72. The molecule has 2 heterocycles. The van der Waals surface area contributed by atoms with Crippen molar-refractivity contribution < 1.29 is 4.42 Å². The van der Waals surface area contributed by atoms with Crippen molar-refractivity contribution in [2.45, 2.75) is 0 Å². The Kier molecular flexibility index (Phi) is 8.39. The van der Waals surface area contributed by atoms with E-state index in [4.69, 9.17) is 4.42 Å². The normalized spacial score (nSPS) is 11.6. The minimum atomic E-state index is 0.892. The molecule has 0 fully saturated rings. The van der Waals surface area contributed by atoms with Crippen LogP contribution in [0.2, 0.25) is 0 Å². The highest BCUT2D eigenvalue weighted by molar-refractivity contribution is 7.25. The van der Waals surface area contributed by atoms with Crippen LogP contribution in [0.15, 0.2) is 229 Å². The molecule has 10 aromatic carbocycles. The molecule has 0 amide bonds. The van der Waals surface area contributed by atoms with Crippen molar-refractivity contribution in [2.75, 3.05) is 4.90 Å². The van der Waals surface area contributed by atoms with Crippen molar-refractivity contribution in [1.82, 2.24) is 0 Å². The summed E-state index contributed by atoms with van der Waals surface area (Å²) in [5, 5.41) is 7.37. The summed E-state index contributed by atoms with van der Waals surface area (Å²) in [6, 6.07) is 81.2. The van der Waals surface area contributed by atoms with E-state index in [9.17, 15) is 0 Å². The third-order valence-electron chi connectivity index (χ3n) is 12.1. The van der Waals surface area contributed by atoms with E-state index in [0.717, 1.165) is 55.7 Å². The second-order valence-corrected chi connectivity index (χ2v) is 16.8. The van der Waals surface area contributed by atoms with Gasteiger partial charge in [-0.15, -0.1) is 11.3 Å². The van der Waals surface area contributed by atoms with Gasteiger partial charge in [0.2, 0.25) is 0 Å². The summed E-state index contributed by atoms with van der Waals surface area (Å²) in [6.45, 7) is 0. The van der Waals surface area contributed by atoms with Crippen LogP contribution in [0.3, 0.4) is 0 Å². The molecule has 286 valence electrons. The fourth-order valence-corrected chi connectivity index (χ4v) is 10.2. The van der Waals surface area contributed by atoms with Gasteiger partial charge in [-0.1, -0.05) is 170 Å². The Morgan fingerprint density at radius 3 is 1.77 bits per heavy atom. The van der Waals surface area contributed by atoms with Crippen LogP contribution in [0.1, 0.15) is 0 Å². The summed E-state index contributed by atoms with van der Waals surface area (Å²) in [6.07, 6.45) is 0. The average molecular weight is 796 g/mol. The Morgan fingerprint density at radius 1 is 0.328 bits per heavy atom. The maximum atomic E-state index is 6.62. The fourth-order valence-electron chi connectivity index (χ4n) is 9.04. The minimum absolute atomic E-state index is 0.892. The van der Waals surface area contributed by atoms with Crippen molar-refractivity contribution in [3.8, 4) is 44.5 Å². The number of thiophene rings is 1. The first-order valence-electron chi connectivity index (χ1n) is 20.7. The number of fused-ring (bicyclic) bond motifs is 7. The van der Waals surface area contributed by atoms with Crippen molar-refractivity contribution >= 4 is 81.3 Å². The summed E-state index contributed by atoms with van der Waals surface area (Å²) in [7, 11) is 0. The van der Waals surface area contributed by atoms with Gasteiger partial charge >= 0.3 is 0 Å². The number of nitrogens with zero attached hydrogens (tertiary/aromatic N) is 1. The van der Waals surface area contributed by atoms with E-state index < -0.39 is 0 Å². The Labute approximate surface area is 357 Å². The lowest BCUT2D eigenvalue weighted by molar-refractivity contribution is 0.670. The van der Waals surface area contributed by atoms with Crippen molar-refractivity contribution in [3.63, 3.8) is 0 Å². The average Bonchev–Trinajstić information content (AvgIpc) is 3.90. The smallest absolute Gasteiger partial charge is 0.143 e. The quantitative estimate of drug-likeness (QED) is 0.160. The zero-order valence-electron chi connectivity index (χ0n) is 33.1. The molecule has 2 nitrogen and oxygen atoms in total. The number of hydrogen-bond acceptors (Lipinski definition) is 3. The van der Waals surface area contributed by atoms with Gasteiger partial charge in [0.05, 0.1) is 5.69 Å². The van der Waals surface area contributed by atoms with E-state index in [-0.39, 0.29) is 0 Å². The Bertz CT molecular complexity index is 3590. The first-order chi connectivity index (χ1) is 30.2. The molecule has 0 aliphatic heterocycles. The summed E-state index contributed by atoms with van der Waals surface area (Å²) >= 11 is 1.86. The summed E-state index contributed by atoms with van der Waals surface area (Å²) < 4.78 is 9.25. The third-order valence-corrected chi connectivity index (χ3v) is 13.2. The molecule has 0 unspecified atom stereocenters. The highest BCUT2D eigenvalue weighted by Gasteiger charge is 2.21. The minimum Gasteiger partial charge on any atom is -0.455 e. The fraction of sp³-hybridized carbons (Fsp3) is 0. The van der Waals surface area contributed by atoms with Crippen LogP contribution in [0.5, 0.6) is 0 Å². The molecule has 0 aliphatic rings. The van der Waals surface area contributed by atoms with Gasteiger partial charge in [0.15, 0.2) is 0 Å². The van der Waals surface area contributed by atoms with Gasteiger partial charge in [-0.3, -0.25) is 0 Å². The zero-order chi connectivity index (χ0) is 40.3. The van der Waals surface area contributed by atoms with Crippen LogP contribution in [-0.2, 0) is 0 Å². The Morgan fingerprint density at radius 2 is 0.918 bits per heavy atom. The van der Waals surface area contributed by atoms with Crippen molar-refractivity contribution in [3.05, 3.63) is 224 Å². The van der Waals surface area contributed by atoms with Gasteiger partial charge in [-0.2, -0.15) is 0 Å². The van der Waals surface area contributed by atoms with Crippen molar-refractivity contribution in [2.24, 2.45) is 0 Å². The first-order valence-corrected chi connectivity index (χ1v) is 21.5. The molecular weight excluding hydrogens is 759 g/mol. The van der Waals surface area contributed by atoms with Gasteiger partial charge < -0.3 is 9.32 Å². The van der Waals surface area contributed by atoms with Gasteiger partial charge in [-0.25, -0.2) is 0 Å². The number of para-hydroxylation sites is 3. The van der Waals surface area contributed by atoms with Crippen LogP contribution in [0, 0.1) is 0 Å². The monoisotopic (exact) mass is 795 g/mol. The second-order valence-electron chi connectivity index (χ2n) is 15.7. The SMILES string of the molecule is c1cc(-c2ccc(-c3ccc4ccccc4c3)cc2)cc(N(c2ccc(-c3ccc4c(c3)sc3ccccc34)cc2)c2ccccc2-c2cccc3c2oc2ccccc23)c1. The van der Waals surface area contributed by atoms with Crippen LogP contribution < -0.4 is 4.90 Å². The lowest BCUT2D eigenvalue weighted by Crippen LogP contribution is -2.11. The van der Waals surface area contributed by atoms with E-state index >= 15 is 0 Å². The van der Waals surface area contributed by atoms with E-state index in [2.05, 4.69) is 223 Å². The van der Waals surface area contributed by atoms with Crippen LogP contribution in [0.25, 0.3) is 97.4 Å². The van der Waals surface area contributed by atoms with E-state index in [0.29, 0.717) is 0 Å². The van der Waals surface area contributed by atoms with Crippen molar-refractivity contribution in [1.29, 1.82) is 0 Å². The molecular formula is C58H37NOS. The van der Waals surface area contributed by atoms with Gasteiger partial charge in [-0.05, 0) is 98.8 Å². The lowest BCUT2D eigenvalue weighted by Gasteiger charge is -2.28. The van der Waals surface area contributed by atoms with Crippen LogP contribution in [0.4, 0.5) is 17.1 Å². The lowest BCUT2D eigenvalue weighted by atomic mass is 9.97. The maximum absolute atomic E-state index is 6.62. The standard InChI is InChI=1S/C58H37NOS/c1-2-12-42-35-44(28-27-38(42)11-1)40-25-23-39(24-26-40)43-13-9-14-47(36-43)59(46-32-29-41(30-33-46)45-31-34-51-50-17-5-8-22-56(50)61-57(51)37-45)54-20-6-3-15-48(54)52-18-10-19-53-49-16-4-7-21-55(49)60-58(52)53/h1-37H. The highest BCUT2D eigenvalue weighted by atomic mass is 32.1. The molecule has 0 N–H and O–H groups in total. The molecule has 0 spiro atoms. The van der Waals surface area contributed by atoms with Gasteiger partial charge in [0.25, 0.3) is 0 Å². The predicted molar refractivity (Wildman–Crippen MR) is 261 cm³/mol. The van der Waals surface area contributed by atoms with Gasteiger partial charge in [0, 0.05) is 53.4 Å². The molecule has 0 bridgehead atoms.